The Morgan fingerprint density at radius 2 is 0.380 bits per heavy atom. The van der Waals surface area contributed by atoms with Crippen molar-refractivity contribution in [1.29, 1.82) is 0 Å². The van der Waals surface area contributed by atoms with E-state index in [1.807, 2.05) is 0 Å². The van der Waals surface area contributed by atoms with E-state index in [4.69, 9.17) is 0 Å². The average molecular weight is 926 g/mol. The number of rotatable bonds is 32. The summed E-state index contributed by atoms with van der Waals surface area (Å²) in [6, 6.07) is 0. The summed E-state index contributed by atoms with van der Waals surface area (Å²) in [5, 5.41) is 40.1. The van der Waals surface area contributed by atoms with Crippen LogP contribution in [0.3, 0.4) is 0 Å². The molecule has 0 aromatic heterocycles. The van der Waals surface area contributed by atoms with Crippen molar-refractivity contribution in [2.24, 2.45) is 0 Å². The van der Waals surface area contributed by atoms with E-state index in [-0.39, 0.29) is 73.5 Å². The second kappa shape index (κ2) is 57.8. The van der Waals surface area contributed by atoms with Crippen LogP contribution >= 0.6 is 0 Å². The molecule has 0 aliphatic heterocycles. The van der Waals surface area contributed by atoms with Crippen LogP contribution in [0.5, 0.6) is 0 Å². The second-order valence-corrected chi connectivity index (χ2v) is 13.0. The van der Waals surface area contributed by atoms with E-state index < -0.39 is 23.9 Å². The Hall–Kier alpha value is -0.523. The van der Waals surface area contributed by atoms with Crippen molar-refractivity contribution in [3.05, 3.63) is 0 Å². The third-order valence-corrected chi connectivity index (χ3v) is 7.94. The number of carboxylic acids is 4. The molecule has 0 N–H and O–H groups in total. The van der Waals surface area contributed by atoms with Crippen molar-refractivity contribution in [2.75, 3.05) is 0 Å². The number of unbranched alkanes of at least 4 members (excludes halogenated alkanes) is 24. The molecule has 50 heavy (non-hydrogen) atoms. The van der Waals surface area contributed by atoms with Gasteiger partial charge in [-0.1, -0.05) is 182 Å². The first kappa shape index (κ1) is 61.5. The van der Waals surface area contributed by atoms with E-state index >= 15 is 0 Å². The van der Waals surface area contributed by atoms with Crippen molar-refractivity contribution >= 4 is 71.7 Å². The summed E-state index contributed by atoms with van der Waals surface area (Å²) in [7, 11) is 0. The zero-order chi connectivity index (χ0) is 36.9. The third kappa shape index (κ3) is 81.5. The van der Waals surface area contributed by atoms with Crippen LogP contribution in [0.15, 0.2) is 0 Å². The first-order valence-corrected chi connectivity index (χ1v) is 19.9. The summed E-state index contributed by atoms with van der Waals surface area (Å²) in [5.74, 6) is -3.65. The Kier molecular flexibility index (Phi) is 71.1. The molecule has 0 fully saturated rings. The molecule has 0 radical (unpaired) electrons. The Morgan fingerprint density at radius 1 is 0.260 bits per heavy atom. The summed E-state index contributed by atoms with van der Waals surface area (Å²) in [6.45, 7) is 8.76. The number of carbonyl (C=O) groups excluding carboxylic acids is 4. The molecule has 0 saturated heterocycles. The van der Waals surface area contributed by atoms with Gasteiger partial charge in [-0.3, -0.25) is 0 Å². The minimum absolute atomic E-state index is 0. The summed E-state index contributed by atoms with van der Waals surface area (Å²) < 4.78 is 0. The monoisotopic (exact) mass is 928 g/mol. The van der Waals surface area contributed by atoms with Gasteiger partial charge in [0.1, 0.15) is 0 Å². The molecule has 0 amide bonds. The van der Waals surface area contributed by atoms with Gasteiger partial charge in [0.2, 0.25) is 0 Å². The number of aliphatic carboxylic acids is 4. The molecule has 0 heterocycles. The Morgan fingerprint density at radius 3 is 0.500 bits per heavy atom. The summed E-state index contributed by atoms with van der Waals surface area (Å²) in [6.07, 6.45) is 33.4. The Bertz CT molecular complexity index is 566. The van der Waals surface area contributed by atoms with Crippen LogP contribution in [0.25, 0.3) is 0 Å². The van der Waals surface area contributed by atoms with Gasteiger partial charge in [-0.15, -0.1) is 0 Å². The van der Waals surface area contributed by atoms with Crippen molar-refractivity contribution in [1.82, 2.24) is 0 Å². The van der Waals surface area contributed by atoms with Crippen LogP contribution in [-0.4, -0.2) is 71.7 Å². The van der Waals surface area contributed by atoms with Gasteiger partial charge >= 0.3 is 47.8 Å². The van der Waals surface area contributed by atoms with E-state index in [0.717, 1.165) is 51.4 Å². The van der Waals surface area contributed by atoms with E-state index in [9.17, 15) is 39.6 Å². The normalized spacial score (nSPS) is 9.68. The molecule has 0 rings (SSSR count). The first-order chi connectivity index (χ1) is 23.1. The van der Waals surface area contributed by atoms with Crippen molar-refractivity contribution in [3.8, 4) is 0 Å². The van der Waals surface area contributed by atoms with E-state index in [0.29, 0.717) is 0 Å². The van der Waals surface area contributed by atoms with Gasteiger partial charge in [-0.2, -0.15) is 0 Å². The zero-order valence-electron chi connectivity index (χ0n) is 33.3. The predicted octanol–water partition coefficient (Wildman–Crippen LogP) is 5.68. The summed E-state index contributed by atoms with van der Waals surface area (Å²) >= 11 is 0. The molecule has 0 unspecified atom stereocenters. The molecule has 0 saturated carbocycles. The molecular formula is C40H80O8Sn2. The Balaban J connectivity index is -0.000000127. The van der Waals surface area contributed by atoms with Gasteiger partial charge in [0.05, 0.1) is 0 Å². The molecule has 10 heteroatoms. The molecule has 0 atom stereocenters. The van der Waals surface area contributed by atoms with Crippen LogP contribution in [0, 0.1) is 0 Å². The molecule has 0 aromatic rings. The van der Waals surface area contributed by atoms with Gasteiger partial charge in [-0.25, -0.2) is 0 Å². The summed E-state index contributed by atoms with van der Waals surface area (Å²) in [5.41, 5.74) is 0. The fraction of sp³-hybridized carbons (Fsp3) is 0.900. The second-order valence-electron chi connectivity index (χ2n) is 13.0. The van der Waals surface area contributed by atoms with Crippen molar-refractivity contribution in [2.45, 2.75) is 233 Å². The van der Waals surface area contributed by atoms with Crippen LogP contribution < -0.4 is 20.4 Å². The number of hydrogen-bond acceptors (Lipinski definition) is 8. The molecule has 0 spiro atoms. The summed E-state index contributed by atoms with van der Waals surface area (Å²) in [4.78, 5) is 40.1. The maximum absolute atomic E-state index is 10.0. The molecule has 0 bridgehead atoms. The topological polar surface area (TPSA) is 161 Å². The maximum atomic E-state index is 10.0. The standard InChI is InChI=1S/4C10H20O2.2Sn.4H/c4*1-2-3-4-5-6-7-8-9-10(11)12;;;;;;/h4*2-9H2,1H3,(H,11,12);;;;;;/q;;;;2*+2;;;;/p-4. The number of hydrogen-bond donors (Lipinski definition) is 0. The van der Waals surface area contributed by atoms with E-state index in [1.54, 1.807) is 0 Å². The number of carboxylic acid groups (broad SMARTS) is 4. The molecule has 0 aliphatic rings. The molecule has 296 valence electrons. The quantitative estimate of drug-likeness (QED) is 0.0616. The fourth-order valence-corrected chi connectivity index (χ4v) is 4.91. The van der Waals surface area contributed by atoms with Crippen LogP contribution in [0.4, 0.5) is 0 Å². The first-order valence-electron chi connectivity index (χ1n) is 19.9. The SMILES string of the molecule is CCCCCCCCCC(=O)[O-].CCCCCCCCCC(=O)[O-].CCCCCCCCCC(=O)[O-].CCCCCCCCCC(=O)[O-].[SnH2+2].[SnH2+2]. The van der Waals surface area contributed by atoms with Crippen LogP contribution in [-0.2, 0) is 19.2 Å². The minimum atomic E-state index is -0.913. The fourth-order valence-electron chi connectivity index (χ4n) is 4.91. The van der Waals surface area contributed by atoms with Crippen LogP contribution in [0.1, 0.15) is 233 Å². The van der Waals surface area contributed by atoms with Gasteiger partial charge in [0.15, 0.2) is 0 Å². The molecule has 0 aliphatic carbocycles. The van der Waals surface area contributed by atoms with Crippen molar-refractivity contribution in [3.63, 3.8) is 0 Å². The molecule has 8 nitrogen and oxygen atoms in total. The van der Waals surface area contributed by atoms with Crippen LogP contribution in [0.2, 0.25) is 0 Å². The average Bonchev–Trinajstić information content (AvgIpc) is 3.03. The van der Waals surface area contributed by atoms with Gasteiger partial charge in [-0.05, 0) is 51.4 Å². The predicted molar refractivity (Wildman–Crippen MR) is 208 cm³/mol. The van der Waals surface area contributed by atoms with E-state index in [2.05, 4.69) is 27.7 Å². The molecular weight excluding hydrogens is 846 g/mol. The third-order valence-electron chi connectivity index (χ3n) is 7.94. The van der Waals surface area contributed by atoms with Crippen molar-refractivity contribution < 1.29 is 39.6 Å². The van der Waals surface area contributed by atoms with Gasteiger partial charge in [0, 0.05) is 23.9 Å². The molecule has 0 aromatic carbocycles. The number of carbonyl (C=O) groups is 4. The van der Waals surface area contributed by atoms with Gasteiger partial charge in [0.25, 0.3) is 0 Å². The Labute approximate surface area is 342 Å². The van der Waals surface area contributed by atoms with Gasteiger partial charge < -0.3 is 39.6 Å². The zero-order valence-corrected chi connectivity index (χ0v) is 41.4. The van der Waals surface area contributed by atoms with E-state index in [1.165, 1.54) is 128 Å².